The second kappa shape index (κ2) is 5.98. The van der Waals surface area contributed by atoms with Gasteiger partial charge in [0.2, 0.25) is 0 Å². The molecule has 0 bridgehead atoms. The standard InChI is InChI=1S/C14H15FN2S/c1-10(16-2)11-6-7-13(12(15)9-11)18-14-5-3-4-8-17-14/h3-10,16H,1-2H3. The van der Waals surface area contributed by atoms with E-state index in [4.69, 9.17) is 0 Å². The molecule has 0 radical (unpaired) electrons. The van der Waals surface area contributed by atoms with Crippen molar-refractivity contribution in [3.8, 4) is 0 Å². The predicted octanol–water partition coefficient (Wildman–Crippen LogP) is 3.65. The molecule has 0 saturated carbocycles. The minimum absolute atomic E-state index is 0.147. The first-order valence-corrected chi connectivity index (χ1v) is 6.58. The first-order valence-electron chi connectivity index (χ1n) is 5.76. The third-order valence-electron chi connectivity index (χ3n) is 2.74. The van der Waals surface area contributed by atoms with Gasteiger partial charge >= 0.3 is 0 Å². The Hall–Kier alpha value is -1.39. The summed E-state index contributed by atoms with van der Waals surface area (Å²) in [6.07, 6.45) is 1.71. The van der Waals surface area contributed by atoms with E-state index in [0.29, 0.717) is 4.90 Å². The van der Waals surface area contributed by atoms with E-state index in [0.717, 1.165) is 10.6 Å². The molecule has 0 fully saturated rings. The molecule has 18 heavy (non-hydrogen) atoms. The van der Waals surface area contributed by atoms with Crippen molar-refractivity contribution in [1.29, 1.82) is 0 Å². The summed E-state index contributed by atoms with van der Waals surface area (Å²) in [6, 6.07) is 11.1. The maximum Gasteiger partial charge on any atom is 0.137 e. The molecule has 1 unspecified atom stereocenters. The molecule has 0 aliphatic carbocycles. The highest BCUT2D eigenvalue weighted by Gasteiger charge is 2.09. The van der Waals surface area contributed by atoms with Gasteiger partial charge in [0.15, 0.2) is 0 Å². The quantitative estimate of drug-likeness (QED) is 0.910. The van der Waals surface area contributed by atoms with Crippen LogP contribution in [0.2, 0.25) is 0 Å². The number of rotatable bonds is 4. The maximum absolute atomic E-state index is 14.0. The van der Waals surface area contributed by atoms with Gasteiger partial charge in [-0.25, -0.2) is 9.37 Å². The van der Waals surface area contributed by atoms with Crippen molar-refractivity contribution in [3.05, 3.63) is 54.0 Å². The van der Waals surface area contributed by atoms with Crippen molar-refractivity contribution in [2.45, 2.75) is 22.9 Å². The van der Waals surface area contributed by atoms with E-state index in [1.54, 1.807) is 18.3 Å². The lowest BCUT2D eigenvalue weighted by atomic mass is 10.1. The van der Waals surface area contributed by atoms with Crippen LogP contribution in [0.25, 0.3) is 0 Å². The molecule has 1 aromatic heterocycles. The highest BCUT2D eigenvalue weighted by Crippen LogP contribution is 2.29. The van der Waals surface area contributed by atoms with Gasteiger partial charge in [0.25, 0.3) is 0 Å². The fraction of sp³-hybridized carbons (Fsp3) is 0.214. The summed E-state index contributed by atoms with van der Waals surface area (Å²) in [5.74, 6) is -0.203. The second-order valence-corrected chi connectivity index (χ2v) is 5.03. The molecule has 0 aliphatic rings. The molecule has 2 rings (SSSR count). The van der Waals surface area contributed by atoms with Crippen molar-refractivity contribution >= 4 is 11.8 Å². The van der Waals surface area contributed by atoms with E-state index >= 15 is 0 Å². The zero-order valence-corrected chi connectivity index (χ0v) is 11.2. The summed E-state index contributed by atoms with van der Waals surface area (Å²) in [5.41, 5.74) is 0.945. The Kier molecular flexibility index (Phi) is 4.33. The summed E-state index contributed by atoms with van der Waals surface area (Å²) >= 11 is 1.34. The largest absolute Gasteiger partial charge is 0.313 e. The number of aromatic nitrogens is 1. The average Bonchev–Trinajstić information content (AvgIpc) is 2.41. The summed E-state index contributed by atoms with van der Waals surface area (Å²) in [7, 11) is 1.86. The van der Waals surface area contributed by atoms with E-state index < -0.39 is 0 Å². The third-order valence-corrected chi connectivity index (χ3v) is 3.74. The topological polar surface area (TPSA) is 24.9 Å². The molecular formula is C14H15FN2S. The molecular weight excluding hydrogens is 247 g/mol. The van der Waals surface area contributed by atoms with Crippen molar-refractivity contribution in [3.63, 3.8) is 0 Å². The Balaban J connectivity index is 2.20. The van der Waals surface area contributed by atoms with E-state index in [-0.39, 0.29) is 11.9 Å². The van der Waals surface area contributed by atoms with E-state index in [1.165, 1.54) is 11.8 Å². The molecule has 94 valence electrons. The van der Waals surface area contributed by atoms with Crippen LogP contribution in [0.1, 0.15) is 18.5 Å². The smallest absolute Gasteiger partial charge is 0.137 e. The highest BCUT2D eigenvalue weighted by molar-refractivity contribution is 7.99. The Labute approximate surface area is 111 Å². The van der Waals surface area contributed by atoms with Gasteiger partial charge in [-0.3, -0.25) is 0 Å². The van der Waals surface area contributed by atoms with Crippen LogP contribution in [0.3, 0.4) is 0 Å². The fourth-order valence-corrected chi connectivity index (χ4v) is 2.33. The van der Waals surface area contributed by atoms with Gasteiger partial charge in [-0.05, 0) is 43.8 Å². The number of benzene rings is 1. The highest BCUT2D eigenvalue weighted by atomic mass is 32.2. The third kappa shape index (κ3) is 3.09. The zero-order valence-electron chi connectivity index (χ0n) is 10.4. The van der Waals surface area contributed by atoms with Crippen molar-refractivity contribution in [2.75, 3.05) is 7.05 Å². The summed E-state index contributed by atoms with van der Waals surface area (Å²) in [6.45, 7) is 2.00. The van der Waals surface area contributed by atoms with Crippen LogP contribution < -0.4 is 5.32 Å². The first-order chi connectivity index (χ1) is 8.70. The lowest BCUT2D eigenvalue weighted by Crippen LogP contribution is -2.12. The molecule has 1 N–H and O–H groups in total. The minimum atomic E-state index is -0.203. The Morgan fingerprint density at radius 1 is 1.28 bits per heavy atom. The van der Waals surface area contributed by atoms with Gasteiger partial charge in [0.05, 0.1) is 0 Å². The molecule has 1 aromatic carbocycles. The molecule has 0 amide bonds. The Bertz CT molecular complexity index is 516. The summed E-state index contributed by atoms with van der Waals surface area (Å²) in [4.78, 5) is 4.77. The van der Waals surface area contributed by atoms with Crippen LogP contribution in [-0.2, 0) is 0 Å². The van der Waals surface area contributed by atoms with Crippen molar-refractivity contribution in [1.82, 2.24) is 10.3 Å². The van der Waals surface area contributed by atoms with Gasteiger partial charge in [-0.2, -0.15) is 0 Å². The number of nitrogens with zero attached hydrogens (tertiary/aromatic N) is 1. The Morgan fingerprint density at radius 2 is 2.11 bits per heavy atom. The van der Waals surface area contributed by atoms with E-state index in [1.807, 2.05) is 38.2 Å². The van der Waals surface area contributed by atoms with Crippen LogP contribution in [0.5, 0.6) is 0 Å². The molecule has 1 atom stereocenters. The molecule has 4 heteroatoms. The minimum Gasteiger partial charge on any atom is -0.313 e. The van der Waals surface area contributed by atoms with Gasteiger partial charge in [0.1, 0.15) is 10.8 Å². The van der Waals surface area contributed by atoms with Crippen LogP contribution in [0.15, 0.2) is 52.5 Å². The summed E-state index contributed by atoms with van der Waals surface area (Å²) in [5, 5.41) is 3.89. The lowest BCUT2D eigenvalue weighted by molar-refractivity contribution is 0.587. The lowest BCUT2D eigenvalue weighted by Gasteiger charge is -2.11. The van der Waals surface area contributed by atoms with E-state index in [2.05, 4.69) is 10.3 Å². The monoisotopic (exact) mass is 262 g/mol. The van der Waals surface area contributed by atoms with Crippen molar-refractivity contribution < 1.29 is 4.39 Å². The predicted molar refractivity (Wildman–Crippen MR) is 72.2 cm³/mol. The van der Waals surface area contributed by atoms with Gasteiger partial charge in [-0.1, -0.05) is 23.9 Å². The Morgan fingerprint density at radius 3 is 2.72 bits per heavy atom. The molecule has 0 aliphatic heterocycles. The van der Waals surface area contributed by atoms with Crippen molar-refractivity contribution in [2.24, 2.45) is 0 Å². The molecule has 2 nitrogen and oxygen atoms in total. The fourth-order valence-electron chi connectivity index (χ4n) is 1.56. The number of pyridine rings is 1. The molecule has 1 heterocycles. The first kappa shape index (κ1) is 13.1. The van der Waals surface area contributed by atoms with Crippen LogP contribution in [0.4, 0.5) is 4.39 Å². The van der Waals surface area contributed by atoms with Crippen LogP contribution in [-0.4, -0.2) is 12.0 Å². The van der Waals surface area contributed by atoms with Gasteiger partial charge in [0, 0.05) is 17.1 Å². The number of nitrogens with one attached hydrogen (secondary N) is 1. The number of hydrogen-bond donors (Lipinski definition) is 1. The second-order valence-electron chi connectivity index (χ2n) is 3.97. The van der Waals surface area contributed by atoms with Crippen LogP contribution >= 0.6 is 11.8 Å². The average molecular weight is 262 g/mol. The number of halogens is 1. The van der Waals surface area contributed by atoms with E-state index in [9.17, 15) is 4.39 Å². The molecule has 0 saturated heterocycles. The number of hydrogen-bond acceptors (Lipinski definition) is 3. The summed E-state index contributed by atoms with van der Waals surface area (Å²) < 4.78 is 14.0. The molecule has 2 aromatic rings. The zero-order chi connectivity index (χ0) is 13.0. The van der Waals surface area contributed by atoms with Gasteiger partial charge in [-0.15, -0.1) is 0 Å². The normalized spacial score (nSPS) is 12.4. The maximum atomic E-state index is 14.0. The van der Waals surface area contributed by atoms with Gasteiger partial charge < -0.3 is 5.32 Å². The SMILES string of the molecule is CNC(C)c1ccc(Sc2ccccn2)c(F)c1. The molecule has 0 spiro atoms. The van der Waals surface area contributed by atoms with Crippen LogP contribution in [0, 0.1) is 5.82 Å².